The molecule has 186 valence electrons. The summed E-state index contributed by atoms with van der Waals surface area (Å²) >= 11 is 12.0. The fourth-order valence-corrected chi connectivity index (χ4v) is 9.73. The van der Waals surface area contributed by atoms with Gasteiger partial charge in [0.15, 0.2) is 16.3 Å². The van der Waals surface area contributed by atoms with Gasteiger partial charge >= 0.3 is 5.97 Å². The molecule has 2 amide bonds. The fraction of sp³-hybridized carbons (Fsp3) is 0.158. The number of carboxylic acid groups (broad SMARTS) is 1. The molecule has 2 aliphatic heterocycles. The van der Waals surface area contributed by atoms with Crippen LogP contribution in [0.1, 0.15) is 5.69 Å². The standard InChI is InChI=1S/C19H12ClN5O6S5/c20-9-1-5-7(26)2-10(36-18(5)35-9)34-8-4-32-16-12(15(28)25(16)13(8)17(29)30)23-14(27)11(24-31)6-3-33-19(21)22-6/h1-3,12,16,31H,4H2,(H2,21,22)(H,23,27)(H,29,30)/t12?,16-/m0/s1. The Kier molecular flexibility index (Phi) is 6.73. The molecule has 0 saturated carbocycles. The van der Waals surface area contributed by atoms with E-state index in [1.165, 1.54) is 45.9 Å². The number of anilines is 1. The summed E-state index contributed by atoms with van der Waals surface area (Å²) in [5.41, 5.74) is 4.76. The lowest BCUT2D eigenvalue weighted by Crippen LogP contribution is -2.71. The first kappa shape index (κ1) is 25.0. The monoisotopic (exact) mass is 601 g/mol. The number of oxime groups is 1. The van der Waals surface area contributed by atoms with Crippen molar-refractivity contribution in [3.63, 3.8) is 0 Å². The number of amides is 2. The van der Waals surface area contributed by atoms with E-state index in [2.05, 4.69) is 15.5 Å². The van der Waals surface area contributed by atoms with E-state index in [9.17, 15) is 29.5 Å². The third-order valence-electron chi connectivity index (χ3n) is 5.10. The summed E-state index contributed by atoms with van der Waals surface area (Å²) in [6, 6.07) is 1.99. The van der Waals surface area contributed by atoms with Gasteiger partial charge in [0.1, 0.15) is 22.8 Å². The first-order chi connectivity index (χ1) is 17.2. The van der Waals surface area contributed by atoms with Crippen molar-refractivity contribution in [1.82, 2.24) is 15.2 Å². The number of aromatic nitrogens is 1. The molecule has 17 heteroatoms. The number of carbonyl (C=O) groups excluding carboxylic acids is 2. The van der Waals surface area contributed by atoms with Gasteiger partial charge in [-0.2, -0.15) is 0 Å². The number of carbonyl (C=O) groups is 3. The zero-order valence-corrected chi connectivity index (χ0v) is 22.3. The quantitative estimate of drug-likeness (QED) is 0.142. The largest absolute Gasteiger partial charge is 0.477 e. The molecular weight excluding hydrogens is 590 g/mol. The number of thiophene rings is 1. The molecule has 3 aromatic heterocycles. The van der Waals surface area contributed by atoms with Crippen LogP contribution in [0.3, 0.4) is 0 Å². The number of hydrogen-bond donors (Lipinski definition) is 4. The van der Waals surface area contributed by atoms with Crippen LogP contribution in [-0.4, -0.2) is 60.9 Å². The van der Waals surface area contributed by atoms with Crippen LogP contribution in [0.4, 0.5) is 5.13 Å². The molecule has 5 heterocycles. The Balaban J connectivity index is 1.38. The van der Waals surface area contributed by atoms with Crippen LogP contribution >= 0.6 is 69.1 Å². The number of nitrogens with one attached hydrogen (secondary N) is 1. The Labute approximate surface area is 226 Å². The molecule has 3 aromatic rings. The van der Waals surface area contributed by atoms with Crippen LogP contribution in [0.2, 0.25) is 4.34 Å². The minimum atomic E-state index is -1.30. The number of hydrogen-bond acceptors (Lipinski definition) is 13. The van der Waals surface area contributed by atoms with Gasteiger partial charge in [0.25, 0.3) is 11.8 Å². The fourth-order valence-electron chi connectivity index (χ4n) is 3.56. The Morgan fingerprint density at radius 3 is 2.75 bits per heavy atom. The zero-order chi connectivity index (χ0) is 25.7. The van der Waals surface area contributed by atoms with Crippen LogP contribution in [0.15, 0.2) is 42.3 Å². The lowest BCUT2D eigenvalue weighted by molar-refractivity contribution is -0.150. The maximum absolute atomic E-state index is 12.9. The Bertz CT molecular complexity index is 1560. The first-order valence-electron chi connectivity index (χ1n) is 9.74. The maximum atomic E-state index is 12.9. The summed E-state index contributed by atoms with van der Waals surface area (Å²) in [6.45, 7) is 0. The highest BCUT2D eigenvalue weighted by molar-refractivity contribution is 8.07. The predicted octanol–water partition coefficient (Wildman–Crippen LogP) is 2.68. The molecule has 5 rings (SSSR count). The number of rotatable bonds is 6. The van der Waals surface area contributed by atoms with Crippen LogP contribution in [0, 0.1) is 0 Å². The van der Waals surface area contributed by atoms with Gasteiger partial charge in [0.05, 0.1) is 17.9 Å². The van der Waals surface area contributed by atoms with Crippen molar-refractivity contribution >= 4 is 107 Å². The van der Waals surface area contributed by atoms with Gasteiger partial charge in [0.2, 0.25) is 0 Å². The zero-order valence-electron chi connectivity index (χ0n) is 17.5. The highest BCUT2D eigenvalue weighted by Gasteiger charge is 2.54. The van der Waals surface area contributed by atoms with E-state index in [0.29, 0.717) is 18.8 Å². The van der Waals surface area contributed by atoms with Crippen LogP contribution in [0.5, 0.6) is 0 Å². The van der Waals surface area contributed by atoms with E-state index in [4.69, 9.17) is 17.3 Å². The third kappa shape index (κ3) is 4.37. The number of fused-ring (bicyclic) bond motifs is 2. The van der Waals surface area contributed by atoms with Crippen molar-refractivity contribution in [2.75, 3.05) is 11.5 Å². The molecule has 36 heavy (non-hydrogen) atoms. The molecule has 5 N–H and O–H groups in total. The summed E-state index contributed by atoms with van der Waals surface area (Å²) in [7, 11) is 0. The second-order valence-corrected chi connectivity index (χ2v) is 13.6. The molecule has 2 atom stereocenters. The molecular formula is C19H12ClN5O6S5. The maximum Gasteiger partial charge on any atom is 0.353 e. The topological polar surface area (TPSA) is 175 Å². The Morgan fingerprint density at radius 1 is 1.31 bits per heavy atom. The number of nitrogens with zero attached hydrogens (tertiary/aromatic N) is 3. The Morgan fingerprint density at radius 2 is 2.08 bits per heavy atom. The highest BCUT2D eigenvalue weighted by atomic mass is 35.5. The van der Waals surface area contributed by atoms with Crippen molar-refractivity contribution < 1.29 is 24.7 Å². The summed E-state index contributed by atoms with van der Waals surface area (Å²) in [5.74, 6) is -2.54. The van der Waals surface area contributed by atoms with Gasteiger partial charge in [-0.15, -0.1) is 45.8 Å². The number of nitrogen functional groups attached to an aromatic ring is 1. The molecule has 1 saturated heterocycles. The molecule has 11 nitrogen and oxygen atoms in total. The normalized spacial score (nSPS) is 19.9. The minimum Gasteiger partial charge on any atom is -0.477 e. The van der Waals surface area contributed by atoms with E-state index in [1.807, 2.05) is 0 Å². The molecule has 0 aromatic carbocycles. The highest BCUT2D eigenvalue weighted by Crippen LogP contribution is 2.46. The summed E-state index contributed by atoms with van der Waals surface area (Å²) in [6.07, 6.45) is 0. The van der Waals surface area contributed by atoms with E-state index in [0.717, 1.165) is 32.0 Å². The van der Waals surface area contributed by atoms with Crippen molar-refractivity contribution in [2.24, 2.45) is 5.16 Å². The van der Waals surface area contributed by atoms with Gasteiger partial charge in [-0.3, -0.25) is 19.3 Å². The van der Waals surface area contributed by atoms with Crippen LogP contribution in [-0.2, 0) is 14.4 Å². The van der Waals surface area contributed by atoms with Gasteiger partial charge < -0.3 is 21.4 Å². The number of carboxylic acids is 1. The molecule has 0 bridgehead atoms. The summed E-state index contributed by atoms with van der Waals surface area (Å²) in [4.78, 5) is 55.5. The third-order valence-corrected chi connectivity index (χ3v) is 10.9. The van der Waals surface area contributed by atoms with Gasteiger partial charge in [-0.05, 0) is 6.07 Å². The smallest absolute Gasteiger partial charge is 0.353 e. The molecule has 1 unspecified atom stereocenters. The molecule has 0 aliphatic carbocycles. The van der Waals surface area contributed by atoms with Crippen LogP contribution in [0.25, 0.3) is 9.40 Å². The number of thioether (sulfide) groups is 2. The van der Waals surface area contributed by atoms with Crippen molar-refractivity contribution in [1.29, 1.82) is 0 Å². The number of β-lactam (4-membered cyclic amide) rings is 1. The van der Waals surface area contributed by atoms with E-state index in [1.54, 1.807) is 6.07 Å². The lowest BCUT2D eigenvalue weighted by atomic mass is 10.0. The summed E-state index contributed by atoms with van der Waals surface area (Å²) < 4.78 is 1.77. The average Bonchev–Trinajstić information content (AvgIpc) is 3.42. The number of aliphatic carboxylic acids is 1. The van der Waals surface area contributed by atoms with Gasteiger partial charge in [0, 0.05) is 22.1 Å². The number of thiazole rings is 1. The second-order valence-electron chi connectivity index (χ2n) is 7.24. The lowest BCUT2D eigenvalue weighted by Gasteiger charge is -2.49. The minimum absolute atomic E-state index is 0.0465. The summed E-state index contributed by atoms with van der Waals surface area (Å²) in [5, 5.41) is 26.1. The number of nitrogens with two attached hydrogens (primary N) is 1. The van der Waals surface area contributed by atoms with Gasteiger partial charge in [-0.25, -0.2) is 9.78 Å². The molecule has 0 spiro atoms. The second kappa shape index (κ2) is 9.68. The average molecular weight is 602 g/mol. The van der Waals surface area contributed by atoms with Crippen molar-refractivity contribution in [3.8, 4) is 0 Å². The molecule has 0 radical (unpaired) electrons. The van der Waals surface area contributed by atoms with Gasteiger partial charge in [-0.1, -0.05) is 28.5 Å². The predicted molar refractivity (Wildman–Crippen MR) is 141 cm³/mol. The van der Waals surface area contributed by atoms with Crippen molar-refractivity contribution in [2.45, 2.75) is 15.6 Å². The first-order valence-corrected chi connectivity index (χ1v) is 14.5. The van der Waals surface area contributed by atoms with Crippen molar-refractivity contribution in [3.05, 3.63) is 48.4 Å². The molecule has 2 aliphatic rings. The Hall–Kier alpha value is -2.63. The number of halogens is 1. The van der Waals surface area contributed by atoms with E-state index >= 15 is 0 Å². The van der Waals surface area contributed by atoms with Crippen LogP contribution < -0.4 is 16.5 Å². The van der Waals surface area contributed by atoms with E-state index in [-0.39, 0.29) is 27.7 Å². The molecule has 1 fully saturated rings. The SMILES string of the molecule is Nc1nc(C(=NO)C(=O)NC2C(=O)N3C(C(=O)O)=C(Sc4cc(=O)c5cc(Cl)sc5s4)CS[C@@H]23)cs1. The van der Waals surface area contributed by atoms with E-state index < -0.39 is 34.9 Å².